The Bertz CT molecular complexity index is 1230. The molecule has 1 atom stereocenters. The third kappa shape index (κ3) is 4.54. The van der Waals surface area contributed by atoms with Gasteiger partial charge >= 0.3 is 6.18 Å². The van der Waals surface area contributed by atoms with Crippen LogP contribution in [0, 0.1) is 11.3 Å². The van der Waals surface area contributed by atoms with Crippen LogP contribution in [0.25, 0.3) is 0 Å². The summed E-state index contributed by atoms with van der Waals surface area (Å²) in [7, 11) is 0. The van der Waals surface area contributed by atoms with Crippen molar-refractivity contribution < 1.29 is 22.8 Å². The van der Waals surface area contributed by atoms with Gasteiger partial charge in [0.05, 0.1) is 29.1 Å². The second kappa shape index (κ2) is 8.95. The first-order valence-corrected chi connectivity index (χ1v) is 9.43. The van der Waals surface area contributed by atoms with Gasteiger partial charge in [0, 0.05) is 18.4 Å². The average Bonchev–Trinajstić information content (AvgIpc) is 3.20. The quantitative estimate of drug-likeness (QED) is 0.623. The highest BCUT2D eigenvalue weighted by Gasteiger charge is 2.35. The number of carbonyl (C=O) groups is 2. The number of anilines is 2. The van der Waals surface area contributed by atoms with Crippen LogP contribution in [-0.4, -0.2) is 33.1 Å². The number of nitriles is 1. The van der Waals surface area contributed by atoms with E-state index >= 15 is 0 Å². The molecule has 8 nitrogen and oxygen atoms in total. The number of pyridine rings is 1. The minimum Gasteiger partial charge on any atom is -0.317 e. The Kier molecular flexibility index (Phi) is 6.46. The van der Waals surface area contributed by atoms with E-state index in [0.29, 0.717) is 11.3 Å². The molecule has 12 heteroatoms. The molecule has 0 bridgehead atoms. The molecule has 0 saturated heterocycles. The van der Waals surface area contributed by atoms with Crippen LogP contribution in [0.4, 0.5) is 24.5 Å². The number of fused-ring (bicyclic) bond motifs is 1. The average molecular weight is 474 g/mol. The topological polar surface area (TPSA) is 104 Å². The highest BCUT2D eigenvalue weighted by atomic mass is 32.1. The van der Waals surface area contributed by atoms with Gasteiger partial charge in [-0.05, 0) is 43.3 Å². The van der Waals surface area contributed by atoms with Gasteiger partial charge in [-0.2, -0.15) is 37.0 Å². The summed E-state index contributed by atoms with van der Waals surface area (Å²) in [5.41, 5.74) is 0.0702. The van der Waals surface area contributed by atoms with Gasteiger partial charge in [-0.3, -0.25) is 14.3 Å². The SMILES string of the molecule is C[C@H]1CN(c2ccc(C(F)(F)F)cc2)C(=O)c2c(NC(=O)c3ccc(C#N)cn3)cnn21.S. The number of benzene rings is 1. The van der Waals surface area contributed by atoms with Crippen LogP contribution in [0.3, 0.4) is 0 Å². The monoisotopic (exact) mass is 474 g/mol. The van der Waals surface area contributed by atoms with Crippen molar-refractivity contribution in [1.82, 2.24) is 14.8 Å². The van der Waals surface area contributed by atoms with E-state index in [9.17, 15) is 22.8 Å². The maximum atomic E-state index is 13.2. The fraction of sp³-hybridized carbons (Fsp3) is 0.190. The predicted octanol–water partition coefficient (Wildman–Crippen LogP) is 3.76. The van der Waals surface area contributed by atoms with Crippen molar-refractivity contribution in [1.29, 1.82) is 5.26 Å². The smallest absolute Gasteiger partial charge is 0.317 e. The number of rotatable bonds is 3. The van der Waals surface area contributed by atoms with Crippen LogP contribution in [-0.2, 0) is 6.18 Å². The maximum Gasteiger partial charge on any atom is 0.416 e. The summed E-state index contributed by atoms with van der Waals surface area (Å²) in [4.78, 5) is 31.0. The summed E-state index contributed by atoms with van der Waals surface area (Å²) in [6.07, 6.45) is -1.89. The lowest BCUT2D eigenvalue weighted by atomic mass is 10.1. The maximum absolute atomic E-state index is 13.2. The summed E-state index contributed by atoms with van der Waals surface area (Å²) in [5, 5.41) is 15.6. The first-order valence-electron chi connectivity index (χ1n) is 9.43. The van der Waals surface area contributed by atoms with E-state index in [1.54, 1.807) is 6.92 Å². The van der Waals surface area contributed by atoms with Gasteiger partial charge in [-0.25, -0.2) is 4.98 Å². The lowest BCUT2D eigenvalue weighted by Crippen LogP contribution is -2.43. The molecule has 2 amide bonds. The lowest BCUT2D eigenvalue weighted by Gasteiger charge is -2.32. The molecule has 0 radical (unpaired) electrons. The van der Waals surface area contributed by atoms with Crippen LogP contribution < -0.4 is 10.2 Å². The van der Waals surface area contributed by atoms with E-state index in [4.69, 9.17) is 5.26 Å². The van der Waals surface area contributed by atoms with Gasteiger partial charge in [0.25, 0.3) is 11.8 Å². The van der Waals surface area contributed by atoms with E-state index in [2.05, 4.69) is 15.4 Å². The second-order valence-corrected chi connectivity index (χ2v) is 7.16. The van der Waals surface area contributed by atoms with Crippen LogP contribution in [0.5, 0.6) is 0 Å². The van der Waals surface area contributed by atoms with Crippen LogP contribution in [0.15, 0.2) is 48.8 Å². The number of hydrogen-bond donors (Lipinski definition) is 1. The fourth-order valence-electron chi connectivity index (χ4n) is 3.39. The second-order valence-electron chi connectivity index (χ2n) is 7.16. The zero-order valence-corrected chi connectivity index (χ0v) is 18.1. The Morgan fingerprint density at radius 3 is 2.45 bits per heavy atom. The van der Waals surface area contributed by atoms with E-state index in [1.165, 1.54) is 46.2 Å². The first-order chi connectivity index (χ1) is 15.2. The highest BCUT2D eigenvalue weighted by molar-refractivity contribution is 7.59. The molecule has 0 spiro atoms. The molecule has 33 heavy (non-hydrogen) atoms. The Hall–Kier alpha value is -3.85. The van der Waals surface area contributed by atoms with E-state index < -0.39 is 23.6 Å². The van der Waals surface area contributed by atoms with Gasteiger partial charge in [-0.1, -0.05) is 0 Å². The molecular formula is C21H17F3N6O2S. The van der Waals surface area contributed by atoms with Crippen molar-refractivity contribution in [2.24, 2.45) is 0 Å². The summed E-state index contributed by atoms with van der Waals surface area (Å²) >= 11 is 0. The molecule has 3 heterocycles. The molecule has 2 aromatic heterocycles. The molecule has 0 aliphatic carbocycles. The molecule has 0 unspecified atom stereocenters. The summed E-state index contributed by atoms with van der Waals surface area (Å²) in [6, 6.07) is 8.73. The molecule has 4 rings (SSSR count). The zero-order chi connectivity index (χ0) is 23.0. The number of nitrogens with zero attached hydrogens (tertiary/aromatic N) is 5. The van der Waals surface area contributed by atoms with Gasteiger partial charge in [-0.15, -0.1) is 0 Å². The predicted molar refractivity (Wildman–Crippen MR) is 117 cm³/mol. The minimum atomic E-state index is -4.48. The Morgan fingerprint density at radius 2 is 1.88 bits per heavy atom. The number of nitrogens with one attached hydrogen (secondary N) is 1. The van der Waals surface area contributed by atoms with Crippen molar-refractivity contribution in [2.75, 3.05) is 16.8 Å². The van der Waals surface area contributed by atoms with Crippen LogP contribution >= 0.6 is 13.5 Å². The third-order valence-corrected chi connectivity index (χ3v) is 4.99. The third-order valence-electron chi connectivity index (χ3n) is 4.99. The van der Waals surface area contributed by atoms with Gasteiger partial charge in [0.1, 0.15) is 11.8 Å². The summed E-state index contributed by atoms with van der Waals surface area (Å²) in [5.74, 6) is -1.11. The first kappa shape index (κ1) is 23.8. The van der Waals surface area contributed by atoms with Crippen LogP contribution in [0.2, 0.25) is 0 Å². The molecular weight excluding hydrogens is 457 g/mol. The fourth-order valence-corrected chi connectivity index (χ4v) is 3.39. The van der Waals surface area contributed by atoms with Gasteiger partial charge in [0.2, 0.25) is 0 Å². The largest absolute Gasteiger partial charge is 0.416 e. The number of amides is 2. The highest BCUT2D eigenvalue weighted by Crippen LogP contribution is 2.33. The number of halogens is 3. The summed E-state index contributed by atoms with van der Waals surface area (Å²) in [6.45, 7) is 2.00. The Labute approximate surface area is 193 Å². The van der Waals surface area contributed by atoms with E-state index in [1.807, 2.05) is 6.07 Å². The molecule has 1 N–H and O–H groups in total. The van der Waals surface area contributed by atoms with Crippen molar-refractivity contribution in [3.8, 4) is 6.07 Å². The molecule has 1 aliphatic rings. The number of aromatic nitrogens is 3. The van der Waals surface area contributed by atoms with Crippen LogP contribution in [0.1, 0.15) is 45.1 Å². The summed E-state index contributed by atoms with van der Waals surface area (Å²) < 4.78 is 40.0. The Balaban J connectivity index is 0.00000306. The molecule has 0 saturated carbocycles. The van der Waals surface area contributed by atoms with E-state index in [-0.39, 0.29) is 43.2 Å². The minimum absolute atomic E-state index is 0. The standard InChI is InChI=1S/C21H15F3N6O2.H2S/c1-12-11-29(15-5-3-14(4-6-15)21(22,23)24)20(32)18-17(10-27-30(12)18)28-19(31)16-7-2-13(8-25)9-26-16;/h2-7,9-10,12H,11H2,1H3,(H,28,31);1H2/t12-;/m0./s1. The van der Waals surface area contributed by atoms with Gasteiger partial charge in [0.15, 0.2) is 5.69 Å². The Morgan fingerprint density at radius 1 is 1.18 bits per heavy atom. The zero-order valence-electron chi connectivity index (χ0n) is 17.1. The molecule has 0 fully saturated rings. The normalized spacial score (nSPS) is 15.3. The molecule has 170 valence electrons. The van der Waals surface area contributed by atoms with Crippen molar-refractivity contribution in [3.05, 3.63) is 71.3 Å². The van der Waals surface area contributed by atoms with Crippen molar-refractivity contribution in [3.63, 3.8) is 0 Å². The number of carbonyl (C=O) groups excluding carboxylic acids is 2. The van der Waals surface area contributed by atoms with Crippen molar-refractivity contribution in [2.45, 2.75) is 19.1 Å². The number of alkyl halides is 3. The van der Waals surface area contributed by atoms with E-state index in [0.717, 1.165) is 12.1 Å². The molecule has 3 aromatic rings. The van der Waals surface area contributed by atoms with Gasteiger partial charge < -0.3 is 10.2 Å². The number of hydrogen-bond acceptors (Lipinski definition) is 5. The molecule has 1 aliphatic heterocycles. The lowest BCUT2D eigenvalue weighted by molar-refractivity contribution is -0.137. The van der Waals surface area contributed by atoms with Crippen molar-refractivity contribution >= 4 is 36.7 Å². The molecule has 1 aromatic carbocycles.